The van der Waals surface area contributed by atoms with Crippen LogP contribution in [0.25, 0.3) is 0 Å². The fourth-order valence-corrected chi connectivity index (χ4v) is 2.05. The van der Waals surface area contributed by atoms with Crippen molar-refractivity contribution in [1.29, 1.82) is 0 Å². The highest BCUT2D eigenvalue weighted by Gasteiger charge is 2.34. The Morgan fingerprint density at radius 2 is 1.76 bits per heavy atom. The van der Waals surface area contributed by atoms with Gasteiger partial charge in [-0.2, -0.15) is 13.2 Å². The Kier molecular flexibility index (Phi) is 6.12. The molecule has 0 fully saturated rings. The van der Waals surface area contributed by atoms with Crippen LogP contribution in [0.3, 0.4) is 0 Å². The van der Waals surface area contributed by atoms with Crippen LogP contribution in [0.2, 0.25) is 0 Å². The standard InChI is InChI=1S/C14H21F4N3/c1-20(2)6-7-21(3)13(9-19)10-4-5-12(15)11(8-10)14(16,17)18/h4-5,8,13H,6-7,9,19H2,1-3H3. The molecule has 3 nitrogen and oxygen atoms in total. The Hall–Kier alpha value is -1.18. The molecular weight excluding hydrogens is 286 g/mol. The van der Waals surface area contributed by atoms with Gasteiger partial charge < -0.3 is 10.6 Å². The maximum Gasteiger partial charge on any atom is 0.419 e. The number of nitrogens with two attached hydrogens (primary N) is 1. The molecule has 2 N–H and O–H groups in total. The van der Waals surface area contributed by atoms with Crippen LogP contribution in [0, 0.1) is 5.82 Å². The van der Waals surface area contributed by atoms with E-state index in [0.717, 1.165) is 18.7 Å². The quantitative estimate of drug-likeness (QED) is 0.819. The molecule has 1 aromatic rings. The summed E-state index contributed by atoms with van der Waals surface area (Å²) in [5.74, 6) is -1.27. The minimum absolute atomic E-state index is 0.160. The van der Waals surface area contributed by atoms with E-state index in [1.807, 2.05) is 23.9 Å². The van der Waals surface area contributed by atoms with Crippen molar-refractivity contribution in [2.24, 2.45) is 5.73 Å². The van der Waals surface area contributed by atoms with E-state index in [2.05, 4.69) is 0 Å². The molecule has 1 atom stereocenters. The highest BCUT2D eigenvalue weighted by molar-refractivity contribution is 5.29. The van der Waals surface area contributed by atoms with Crippen LogP contribution in [0.4, 0.5) is 17.6 Å². The first kappa shape index (κ1) is 17.9. The fraction of sp³-hybridized carbons (Fsp3) is 0.571. The third-order valence-electron chi connectivity index (χ3n) is 3.34. The minimum Gasteiger partial charge on any atom is -0.329 e. The number of hydrogen-bond acceptors (Lipinski definition) is 3. The number of halogens is 4. The number of benzene rings is 1. The Labute approximate surface area is 122 Å². The lowest BCUT2D eigenvalue weighted by molar-refractivity contribution is -0.140. The van der Waals surface area contributed by atoms with E-state index in [1.54, 1.807) is 7.05 Å². The molecule has 0 aliphatic heterocycles. The molecule has 1 aromatic carbocycles. The van der Waals surface area contributed by atoms with Crippen LogP contribution in [0.15, 0.2) is 18.2 Å². The van der Waals surface area contributed by atoms with Gasteiger partial charge in [-0.1, -0.05) is 6.07 Å². The van der Waals surface area contributed by atoms with Crippen molar-refractivity contribution in [2.75, 3.05) is 40.8 Å². The molecular formula is C14H21F4N3. The molecule has 1 unspecified atom stereocenters. The smallest absolute Gasteiger partial charge is 0.329 e. The average Bonchev–Trinajstić information content (AvgIpc) is 2.37. The molecule has 0 radical (unpaired) electrons. The first-order valence-electron chi connectivity index (χ1n) is 6.58. The third-order valence-corrected chi connectivity index (χ3v) is 3.34. The molecule has 7 heteroatoms. The van der Waals surface area contributed by atoms with E-state index in [4.69, 9.17) is 5.73 Å². The number of likely N-dealkylation sites (N-methyl/N-ethyl adjacent to an activating group) is 2. The molecule has 21 heavy (non-hydrogen) atoms. The van der Waals surface area contributed by atoms with Gasteiger partial charge in [-0.15, -0.1) is 0 Å². The molecule has 1 rings (SSSR count). The molecule has 0 amide bonds. The first-order chi connectivity index (χ1) is 9.66. The van der Waals surface area contributed by atoms with Crippen LogP contribution in [0.5, 0.6) is 0 Å². The lowest BCUT2D eigenvalue weighted by atomic mass is 10.0. The van der Waals surface area contributed by atoms with E-state index >= 15 is 0 Å². The maximum absolute atomic E-state index is 13.3. The number of nitrogens with zero attached hydrogens (tertiary/aromatic N) is 2. The van der Waals surface area contributed by atoms with Gasteiger partial charge in [-0.05, 0) is 38.8 Å². The summed E-state index contributed by atoms with van der Waals surface area (Å²) in [6, 6.07) is 2.67. The second-order valence-electron chi connectivity index (χ2n) is 5.27. The van der Waals surface area contributed by atoms with Crippen molar-refractivity contribution in [2.45, 2.75) is 12.2 Å². The summed E-state index contributed by atoms with van der Waals surface area (Å²) in [6.07, 6.45) is -4.71. The van der Waals surface area contributed by atoms with Gasteiger partial charge in [0.2, 0.25) is 0 Å². The summed E-state index contributed by atoms with van der Waals surface area (Å²) >= 11 is 0. The summed E-state index contributed by atoms with van der Waals surface area (Å²) in [6.45, 7) is 1.56. The zero-order valence-electron chi connectivity index (χ0n) is 12.4. The number of hydrogen-bond donors (Lipinski definition) is 1. The predicted octanol–water partition coefficient (Wildman–Crippen LogP) is 2.34. The molecule has 0 saturated carbocycles. The van der Waals surface area contributed by atoms with Gasteiger partial charge in [-0.3, -0.25) is 4.90 Å². The summed E-state index contributed by atoms with van der Waals surface area (Å²) in [4.78, 5) is 3.84. The highest BCUT2D eigenvalue weighted by Crippen LogP contribution is 2.33. The Morgan fingerprint density at radius 1 is 1.14 bits per heavy atom. The first-order valence-corrected chi connectivity index (χ1v) is 6.58. The molecule has 0 saturated heterocycles. The van der Waals surface area contributed by atoms with Gasteiger partial charge in [0.05, 0.1) is 5.56 Å². The number of rotatable bonds is 6. The van der Waals surface area contributed by atoms with E-state index < -0.39 is 17.6 Å². The largest absolute Gasteiger partial charge is 0.419 e. The van der Waals surface area contributed by atoms with Crippen molar-refractivity contribution in [1.82, 2.24) is 9.80 Å². The van der Waals surface area contributed by atoms with Crippen LogP contribution >= 0.6 is 0 Å². The summed E-state index contributed by atoms with van der Waals surface area (Å²) in [5, 5.41) is 0. The van der Waals surface area contributed by atoms with E-state index in [1.165, 1.54) is 6.07 Å². The van der Waals surface area contributed by atoms with Gasteiger partial charge in [0.1, 0.15) is 5.82 Å². The number of alkyl halides is 3. The van der Waals surface area contributed by atoms with Gasteiger partial charge in [0, 0.05) is 25.7 Å². The summed E-state index contributed by atoms with van der Waals surface area (Å²) < 4.78 is 51.6. The zero-order chi connectivity index (χ0) is 16.2. The van der Waals surface area contributed by atoms with Crippen LogP contribution < -0.4 is 5.73 Å². The van der Waals surface area contributed by atoms with Crippen molar-refractivity contribution in [3.8, 4) is 0 Å². The maximum atomic E-state index is 13.3. The van der Waals surface area contributed by atoms with Crippen LogP contribution in [-0.4, -0.2) is 50.6 Å². The van der Waals surface area contributed by atoms with Gasteiger partial charge in [0.15, 0.2) is 0 Å². The Morgan fingerprint density at radius 3 is 2.24 bits per heavy atom. The molecule has 0 bridgehead atoms. The summed E-state index contributed by atoms with van der Waals surface area (Å²) in [7, 11) is 5.60. The van der Waals surface area contributed by atoms with E-state index in [-0.39, 0.29) is 12.6 Å². The van der Waals surface area contributed by atoms with Gasteiger partial charge in [0.25, 0.3) is 0 Å². The molecule has 0 aliphatic carbocycles. The Bertz CT molecular complexity index is 460. The molecule has 0 spiro atoms. The van der Waals surface area contributed by atoms with E-state index in [0.29, 0.717) is 12.1 Å². The highest BCUT2D eigenvalue weighted by atomic mass is 19.4. The summed E-state index contributed by atoms with van der Waals surface area (Å²) in [5.41, 5.74) is 4.80. The van der Waals surface area contributed by atoms with Crippen LogP contribution in [-0.2, 0) is 6.18 Å². The zero-order valence-corrected chi connectivity index (χ0v) is 12.4. The van der Waals surface area contributed by atoms with Crippen molar-refractivity contribution >= 4 is 0 Å². The van der Waals surface area contributed by atoms with Crippen molar-refractivity contribution in [3.05, 3.63) is 35.1 Å². The lowest BCUT2D eigenvalue weighted by Gasteiger charge is -2.29. The monoisotopic (exact) mass is 307 g/mol. The molecule has 0 aromatic heterocycles. The van der Waals surface area contributed by atoms with E-state index in [9.17, 15) is 17.6 Å². The SMILES string of the molecule is CN(C)CCN(C)C(CN)c1ccc(F)c(C(F)(F)F)c1. The molecule has 120 valence electrons. The minimum atomic E-state index is -4.71. The molecule has 0 aliphatic rings. The Balaban J connectivity index is 3.01. The topological polar surface area (TPSA) is 32.5 Å². The van der Waals surface area contributed by atoms with Gasteiger partial charge >= 0.3 is 6.18 Å². The van der Waals surface area contributed by atoms with Crippen molar-refractivity contribution < 1.29 is 17.6 Å². The fourth-order valence-electron chi connectivity index (χ4n) is 2.05. The van der Waals surface area contributed by atoms with Crippen molar-refractivity contribution in [3.63, 3.8) is 0 Å². The lowest BCUT2D eigenvalue weighted by Crippen LogP contribution is -2.35. The average molecular weight is 307 g/mol. The van der Waals surface area contributed by atoms with Gasteiger partial charge in [-0.25, -0.2) is 4.39 Å². The second kappa shape index (κ2) is 7.20. The normalized spacial score (nSPS) is 14.0. The second-order valence-corrected chi connectivity index (χ2v) is 5.27. The molecule has 0 heterocycles. The van der Waals surface area contributed by atoms with Crippen LogP contribution in [0.1, 0.15) is 17.2 Å². The predicted molar refractivity (Wildman–Crippen MR) is 74.4 cm³/mol. The third kappa shape index (κ3) is 4.94.